The summed E-state index contributed by atoms with van der Waals surface area (Å²) in [6, 6.07) is 5.73. The number of benzene rings is 1. The number of amides is 1. The van der Waals surface area contributed by atoms with Crippen LogP contribution >= 0.6 is 0 Å². The first-order chi connectivity index (χ1) is 11.4. The Morgan fingerprint density at radius 3 is 2.67 bits per heavy atom. The highest BCUT2D eigenvalue weighted by Crippen LogP contribution is 2.28. The maximum Gasteiger partial charge on any atom is 0.277 e. The van der Waals surface area contributed by atoms with Crippen LogP contribution < -0.4 is 11.1 Å². The number of nitrogens with two attached hydrogens (primary N) is 1. The van der Waals surface area contributed by atoms with Gasteiger partial charge in [-0.25, -0.2) is 17.9 Å². The molecule has 8 heteroatoms. The quantitative estimate of drug-likeness (QED) is 0.873. The monoisotopic (exact) mass is 338 g/mol. The highest BCUT2D eigenvalue weighted by molar-refractivity contribution is 5.94. The summed E-state index contributed by atoms with van der Waals surface area (Å²) in [5.41, 5.74) is 7.34. The Kier molecular flexibility index (Phi) is 4.31. The van der Waals surface area contributed by atoms with Crippen LogP contribution in [-0.4, -0.2) is 34.7 Å². The minimum Gasteiger partial charge on any atom is -0.345 e. The van der Waals surface area contributed by atoms with Crippen molar-refractivity contribution in [2.75, 3.05) is 13.1 Å². The lowest BCUT2D eigenvalue weighted by molar-refractivity contribution is 0.0118. The van der Waals surface area contributed by atoms with Crippen LogP contribution in [-0.2, 0) is 12.8 Å². The Hall–Kier alpha value is -2.35. The molecule has 5 nitrogen and oxygen atoms in total. The second-order valence-electron chi connectivity index (χ2n) is 5.76. The Bertz CT molecular complexity index is 755. The van der Waals surface area contributed by atoms with Gasteiger partial charge in [0.2, 0.25) is 0 Å². The number of carbonyl (C=O) groups excluding carboxylic acids is 1. The summed E-state index contributed by atoms with van der Waals surface area (Å²) in [6.45, 7) is -1.67. The first-order valence-corrected chi connectivity index (χ1v) is 7.64. The molecule has 3 rings (SSSR count). The van der Waals surface area contributed by atoms with E-state index in [-0.39, 0.29) is 11.5 Å². The summed E-state index contributed by atoms with van der Waals surface area (Å²) in [7, 11) is 0. The van der Waals surface area contributed by atoms with Crippen LogP contribution in [0.4, 0.5) is 13.2 Å². The van der Waals surface area contributed by atoms with Gasteiger partial charge >= 0.3 is 0 Å². The fourth-order valence-electron chi connectivity index (χ4n) is 2.78. The summed E-state index contributed by atoms with van der Waals surface area (Å²) in [5, 5.41) is 6.45. The lowest BCUT2D eigenvalue weighted by Crippen LogP contribution is -2.41. The van der Waals surface area contributed by atoms with E-state index in [1.807, 2.05) is 0 Å². The molecule has 0 aliphatic heterocycles. The first-order valence-electron chi connectivity index (χ1n) is 7.64. The van der Waals surface area contributed by atoms with Gasteiger partial charge in [-0.1, -0.05) is 0 Å². The summed E-state index contributed by atoms with van der Waals surface area (Å²) in [6.07, 6.45) is 2.24. The Morgan fingerprint density at radius 1 is 1.29 bits per heavy atom. The van der Waals surface area contributed by atoms with Crippen LogP contribution in [0.15, 0.2) is 24.3 Å². The van der Waals surface area contributed by atoms with Gasteiger partial charge in [-0.3, -0.25) is 4.79 Å². The van der Waals surface area contributed by atoms with Gasteiger partial charge in [-0.15, -0.1) is 0 Å². The van der Waals surface area contributed by atoms with Crippen molar-refractivity contribution in [3.63, 3.8) is 0 Å². The molecule has 2 aromatic rings. The van der Waals surface area contributed by atoms with Gasteiger partial charge in [-0.2, -0.15) is 5.10 Å². The predicted molar refractivity (Wildman–Crippen MR) is 81.9 cm³/mol. The number of fused-ring (bicyclic) bond motifs is 1. The summed E-state index contributed by atoms with van der Waals surface area (Å²) < 4.78 is 41.1. The standard InChI is InChI=1S/C16H17F3N4O/c17-10-4-6-11(7-5-10)23-13-3-1-2-12(13)14(22-23)15(24)21-9-16(18,19)8-20/h4-7H,1-3,8-9,20H2,(H,21,24). The molecule has 0 fully saturated rings. The van der Waals surface area contributed by atoms with Crippen LogP contribution in [0.25, 0.3) is 5.69 Å². The van der Waals surface area contributed by atoms with E-state index in [0.717, 1.165) is 24.1 Å². The number of aromatic nitrogens is 2. The average Bonchev–Trinajstić information content (AvgIpc) is 3.16. The van der Waals surface area contributed by atoms with E-state index in [1.54, 1.807) is 16.8 Å². The molecule has 0 atom stereocenters. The van der Waals surface area contributed by atoms with Crippen LogP contribution in [0.2, 0.25) is 0 Å². The van der Waals surface area contributed by atoms with Crippen molar-refractivity contribution in [3.8, 4) is 5.69 Å². The largest absolute Gasteiger partial charge is 0.345 e. The van der Waals surface area contributed by atoms with Crippen LogP contribution in [0.1, 0.15) is 28.2 Å². The molecule has 1 heterocycles. The summed E-state index contributed by atoms with van der Waals surface area (Å²) in [4.78, 5) is 12.2. The number of hydrogen-bond donors (Lipinski definition) is 2. The zero-order valence-corrected chi connectivity index (χ0v) is 12.9. The molecule has 1 aliphatic carbocycles. The highest BCUT2D eigenvalue weighted by atomic mass is 19.3. The van der Waals surface area contributed by atoms with E-state index in [1.165, 1.54) is 12.1 Å². The third kappa shape index (κ3) is 3.14. The molecular formula is C16H17F3N4O. The summed E-state index contributed by atoms with van der Waals surface area (Å²) >= 11 is 0. The molecule has 1 aromatic carbocycles. The number of hydrogen-bond acceptors (Lipinski definition) is 3. The molecule has 1 amide bonds. The first kappa shape index (κ1) is 16.5. The molecule has 24 heavy (non-hydrogen) atoms. The number of carbonyl (C=O) groups is 1. The molecule has 0 saturated heterocycles. The van der Waals surface area contributed by atoms with Gasteiger partial charge in [0.25, 0.3) is 11.8 Å². The van der Waals surface area contributed by atoms with Crippen molar-refractivity contribution in [1.82, 2.24) is 15.1 Å². The van der Waals surface area contributed by atoms with Gasteiger partial charge in [0.05, 0.1) is 18.8 Å². The Balaban J connectivity index is 1.88. The molecule has 0 spiro atoms. The molecule has 1 aliphatic rings. The van der Waals surface area contributed by atoms with Crippen molar-refractivity contribution < 1.29 is 18.0 Å². The number of rotatable bonds is 5. The topological polar surface area (TPSA) is 72.9 Å². The lowest BCUT2D eigenvalue weighted by Gasteiger charge is -2.14. The van der Waals surface area contributed by atoms with E-state index >= 15 is 0 Å². The average molecular weight is 338 g/mol. The zero-order valence-electron chi connectivity index (χ0n) is 12.9. The second-order valence-corrected chi connectivity index (χ2v) is 5.76. The van der Waals surface area contributed by atoms with E-state index < -0.39 is 24.9 Å². The predicted octanol–water partition coefficient (Wildman–Crippen LogP) is 1.82. The number of halogens is 3. The molecule has 0 saturated carbocycles. The maximum absolute atomic E-state index is 13.2. The van der Waals surface area contributed by atoms with Gasteiger partial charge in [0.1, 0.15) is 5.82 Å². The molecule has 128 valence electrons. The van der Waals surface area contributed by atoms with Crippen molar-refractivity contribution in [2.24, 2.45) is 5.73 Å². The van der Waals surface area contributed by atoms with Gasteiger partial charge in [-0.05, 0) is 43.5 Å². The van der Waals surface area contributed by atoms with Gasteiger partial charge < -0.3 is 11.1 Å². The van der Waals surface area contributed by atoms with E-state index in [0.29, 0.717) is 12.1 Å². The van der Waals surface area contributed by atoms with Crippen LogP contribution in [0.5, 0.6) is 0 Å². The van der Waals surface area contributed by atoms with Gasteiger partial charge in [0, 0.05) is 11.3 Å². The second kappa shape index (κ2) is 6.27. The van der Waals surface area contributed by atoms with Crippen molar-refractivity contribution >= 4 is 5.91 Å². The summed E-state index contributed by atoms with van der Waals surface area (Å²) in [5.74, 6) is -4.18. The molecular weight excluding hydrogens is 321 g/mol. The van der Waals surface area contributed by atoms with E-state index in [4.69, 9.17) is 5.73 Å². The molecule has 0 radical (unpaired) electrons. The highest BCUT2D eigenvalue weighted by Gasteiger charge is 2.31. The lowest BCUT2D eigenvalue weighted by atomic mass is 10.2. The van der Waals surface area contributed by atoms with Crippen molar-refractivity contribution in [2.45, 2.75) is 25.2 Å². The minimum atomic E-state index is -3.15. The Labute approximate surface area is 136 Å². The molecule has 3 N–H and O–H groups in total. The van der Waals surface area contributed by atoms with E-state index in [2.05, 4.69) is 10.4 Å². The van der Waals surface area contributed by atoms with Crippen LogP contribution in [0, 0.1) is 5.82 Å². The van der Waals surface area contributed by atoms with Crippen LogP contribution in [0.3, 0.4) is 0 Å². The van der Waals surface area contributed by atoms with Crippen molar-refractivity contribution in [1.29, 1.82) is 0 Å². The molecule has 0 unspecified atom stereocenters. The number of nitrogens with one attached hydrogen (secondary N) is 1. The van der Waals surface area contributed by atoms with E-state index in [9.17, 15) is 18.0 Å². The number of nitrogens with zero attached hydrogens (tertiary/aromatic N) is 2. The smallest absolute Gasteiger partial charge is 0.277 e. The Morgan fingerprint density at radius 2 is 2.00 bits per heavy atom. The maximum atomic E-state index is 13.2. The molecule has 1 aromatic heterocycles. The fraction of sp³-hybridized carbons (Fsp3) is 0.375. The number of alkyl halides is 2. The zero-order chi connectivity index (χ0) is 17.3. The third-order valence-electron chi connectivity index (χ3n) is 4.02. The molecule has 0 bridgehead atoms. The van der Waals surface area contributed by atoms with Crippen molar-refractivity contribution in [3.05, 3.63) is 47.0 Å². The SMILES string of the molecule is NCC(F)(F)CNC(=O)c1nn(-c2ccc(F)cc2)c2c1CCC2. The fourth-order valence-corrected chi connectivity index (χ4v) is 2.78. The normalized spacial score (nSPS) is 13.8. The third-order valence-corrected chi connectivity index (χ3v) is 4.02. The minimum absolute atomic E-state index is 0.139. The van der Waals surface area contributed by atoms with Gasteiger partial charge in [0.15, 0.2) is 5.69 Å².